The van der Waals surface area contributed by atoms with Crippen molar-refractivity contribution in [3.05, 3.63) is 101 Å². The number of thiazole rings is 1. The number of aromatic nitrogens is 1. The fraction of sp³-hybridized carbons (Fsp3) is 0.148. The van der Waals surface area contributed by atoms with Crippen molar-refractivity contribution >= 4 is 34.0 Å². The van der Waals surface area contributed by atoms with E-state index in [-0.39, 0.29) is 11.8 Å². The average Bonchev–Trinajstić information content (AvgIpc) is 3.47. The number of carbonyl (C=O) groups is 2. The smallest absolute Gasteiger partial charge is 0.238 e. The summed E-state index contributed by atoms with van der Waals surface area (Å²) in [7, 11) is 0. The lowest BCUT2D eigenvalue weighted by Crippen LogP contribution is -2.25. The van der Waals surface area contributed by atoms with Crippen molar-refractivity contribution in [3.8, 4) is 11.3 Å². The van der Waals surface area contributed by atoms with Crippen molar-refractivity contribution in [2.75, 3.05) is 16.8 Å². The molecule has 6 heteroatoms. The van der Waals surface area contributed by atoms with Crippen molar-refractivity contribution in [1.82, 2.24) is 4.98 Å². The lowest BCUT2D eigenvalue weighted by atomic mass is 9.90. The summed E-state index contributed by atoms with van der Waals surface area (Å²) in [6.45, 7) is 2.31. The maximum absolute atomic E-state index is 13.3. The van der Waals surface area contributed by atoms with E-state index in [0.717, 1.165) is 34.5 Å². The number of benzene rings is 3. The van der Waals surface area contributed by atoms with Gasteiger partial charge in [-0.15, -0.1) is 11.3 Å². The zero-order valence-corrected chi connectivity index (χ0v) is 19.0. The van der Waals surface area contributed by atoms with Crippen LogP contribution in [0.4, 0.5) is 10.8 Å². The van der Waals surface area contributed by atoms with Crippen LogP contribution >= 0.6 is 11.3 Å². The van der Waals surface area contributed by atoms with Crippen LogP contribution in [0.15, 0.2) is 84.2 Å². The molecule has 0 radical (unpaired) electrons. The van der Waals surface area contributed by atoms with Crippen molar-refractivity contribution in [2.45, 2.75) is 19.3 Å². The predicted molar refractivity (Wildman–Crippen MR) is 133 cm³/mol. The van der Waals surface area contributed by atoms with Gasteiger partial charge in [-0.05, 0) is 29.2 Å². The van der Waals surface area contributed by atoms with E-state index in [1.165, 1.54) is 16.9 Å². The number of fused-ring (bicyclic) bond motifs is 1. The third-order valence-corrected chi connectivity index (χ3v) is 6.68. The first-order valence-electron chi connectivity index (χ1n) is 10.9. The highest BCUT2D eigenvalue weighted by Crippen LogP contribution is 2.34. The lowest BCUT2D eigenvalue weighted by Gasteiger charge is -2.17. The van der Waals surface area contributed by atoms with Gasteiger partial charge in [0.25, 0.3) is 0 Å². The van der Waals surface area contributed by atoms with E-state index in [2.05, 4.69) is 16.4 Å². The highest BCUT2D eigenvalue weighted by molar-refractivity contribution is 7.14. The second-order valence-electron chi connectivity index (χ2n) is 8.05. The Morgan fingerprint density at radius 2 is 1.64 bits per heavy atom. The maximum Gasteiger partial charge on any atom is 0.238 e. The Morgan fingerprint density at radius 1 is 0.970 bits per heavy atom. The van der Waals surface area contributed by atoms with Crippen molar-refractivity contribution in [2.24, 2.45) is 0 Å². The highest BCUT2D eigenvalue weighted by atomic mass is 32.1. The number of nitrogens with zero attached hydrogens (tertiary/aromatic N) is 2. The summed E-state index contributed by atoms with van der Waals surface area (Å²) in [6, 6.07) is 25.6. The molecule has 5 rings (SSSR count). The van der Waals surface area contributed by atoms with Crippen LogP contribution in [0.3, 0.4) is 0 Å². The van der Waals surface area contributed by atoms with Crippen LogP contribution in [0.25, 0.3) is 11.3 Å². The summed E-state index contributed by atoms with van der Waals surface area (Å²) in [4.78, 5) is 31.8. The molecule has 1 N–H and O–H groups in total. The van der Waals surface area contributed by atoms with Crippen LogP contribution in [0.5, 0.6) is 0 Å². The van der Waals surface area contributed by atoms with Gasteiger partial charge in [-0.1, -0.05) is 72.8 Å². The second kappa shape index (κ2) is 9.00. The molecular formula is C27H23N3O2S. The van der Waals surface area contributed by atoms with E-state index in [4.69, 9.17) is 0 Å². The zero-order chi connectivity index (χ0) is 22.8. The van der Waals surface area contributed by atoms with Crippen molar-refractivity contribution < 1.29 is 9.59 Å². The first kappa shape index (κ1) is 21.1. The third-order valence-electron chi connectivity index (χ3n) is 5.92. The minimum atomic E-state index is -0.427. The van der Waals surface area contributed by atoms with E-state index >= 15 is 0 Å². The van der Waals surface area contributed by atoms with Crippen molar-refractivity contribution in [3.63, 3.8) is 0 Å². The average molecular weight is 454 g/mol. The molecule has 2 amide bonds. The van der Waals surface area contributed by atoms with E-state index in [1.54, 1.807) is 11.8 Å². The Kier molecular flexibility index (Phi) is 5.75. The van der Waals surface area contributed by atoms with Gasteiger partial charge in [-0.3, -0.25) is 9.59 Å². The van der Waals surface area contributed by atoms with E-state index < -0.39 is 5.92 Å². The summed E-state index contributed by atoms with van der Waals surface area (Å²) in [5.74, 6) is -0.501. The molecule has 0 saturated carbocycles. The molecule has 3 aromatic carbocycles. The molecule has 0 saturated heterocycles. The first-order valence-corrected chi connectivity index (χ1v) is 11.8. The van der Waals surface area contributed by atoms with Gasteiger partial charge in [0.1, 0.15) is 0 Å². The summed E-state index contributed by atoms with van der Waals surface area (Å²) in [5, 5.41) is 5.50. The SMILES string of the molecule is CC(=O)N1CCc2ccc(-c3csc(NC(=O)C(c4ccccc4)c4ccccc4)n3)cc21. The minimum Gasteiger partial charge on any atom is -0.312 e. The lowest BCUT2D eigenvalue weighted by molar-refractivity contribution is -0.117. The normalized spacial score (nSPS) is 12.6. The molecule has 4 aromatic rings. The van der Waals surface area contributed by atoms with Crippen molar-refractivity contribution in [1.29, 1.82) is 0 Å². The maximum atomic E-state index is 13.3. The quantitative estimate of drug-likeness (QED) is 0.435. The molecule has 5 nitrogen and oxygen atoms in total. The first-order chi connectivity index (χ1) is 16.1. The standard InChI is InChI=1S/C27H23N3O2S/c1-18(31)30-15-14-19-12-13-22(16-24(19)30)23-17-33-27(28-23)29-26(32)25(20-8-4-2-5-9-20)21-10-6-3-7-11-21/h2-13,16-17,25H,14-15H2,1H3,(H,28,29,32). The number of nitrogens with one attached hydrogen (secondary N) is 1. The second-order valence-corrected chi connectivity index (χ2v) is 8.90. The molecule has 1 aliphatic rings. The third kappa shape index (κ3) is 4.30. The molecule has 0 atom stereocenters. The molecule has 0 bridgehead atoms. The van der Waals surface area contributed by atoms with E-state index in [9.17, 15) is 9.59 Å². The molecule has 1 aliphatic heterocycles. The topological polar surface area (TPSA) is 62.3 Å². The van der Waals surface area contributed by atoms with Gasteiger partial charge in [-0.2, -0.15) is 0 Å². The predicted octanol–water partition coefficient (Wildman–Crippen LogP) is 5.49. The Bertz CT molecular complexity index is 1260. The molecule has 0 aliphatic carbocycles. The van der Waals surface area contributed by atoms with Crippen LogP contribution < -0.4 is 10.2 Å². The molecule has 2 heterocycles. The van der Waals surface area contributed by atoms with Gasteiger partial charge in [0, 0.05) is 30.1 Å². The van der Waals surface area contributed by atoms with Gasteiger partial charge in [0.2, 0.25) is 11.8 Å². The monoisotopic (exact) mass is 453 g/mol. The summed E-state index contributed by atoms with van der Waals surface area (Å²) in [5.41, 5.74) is 5.70. The van der Waals surface area contributed by atoms with Gasteiger partial charge < -0.3 is 10.2 Å². The Labute approximate surface area is 196 Å². The van der Waals surface area contributed by atoms with Crippen LogP contribution in [-0.2, 0) is 16.0 Å². The van der Waals surface area contributed by atoms with E-state index in [1.807, 2.05) is 78.2 Å². The largest absolute Gasteiger partial charge is 0.312 e. The molecule has 1 aromatic heterocycles. The summed E-state index contributed by atoms with van der Waals surface area (Å²) >= 11 is 1.40. The molecule has 0 unspecified atom stereocenters. The zero-order valence-electron chi connectivity index (χ0n) is 18.2. The Morgan fingerprint density at radius 3 is 2.27 bits per heavy atom. The molecule has 0 fully saturated rings. The van der Waals surface area contributed by atoms with Gasteiger partial charge in [0.15, 0.2) is 5.13 Å². The number of amides is 2. The number of hydrogen-bond donors (Lipinski definition) is 1. The highest BCUT2D eigenvalue weighted by Gasteiger charge is 2.25. The van der Waals surface area contributed by atoms with Gasteiger partial charge >= 0.3 is 0 Å². The molecule has 164 valence electrons. The van der Waals surface area contributed by atoms with Gasteiger partial charge in [0.05, 0.1) is 11.6 Å². The number of anilines is 2. The van der Waals surface area contributed by atoms with Crippen LogP contribution in [0, 0.1) is 0 Å². The minimum absolute atomic E-state index is 0.0463. The number of carbonyl (C=O) groups excluding carboxylic acids is 2. The van der Waals surface area contributed by atoms with E-state index in [0.29, 0.717) is 11.7 Å². The fourth-order valence-electron chi connectivity index (χ4n) is 4.29. The van der Waals surface area contributed by atoms with Crippen LogP contribution in [0.2, 0.25) is 0 Å². The number of hydrogen-bond acceptors (Lipinski definition) is 4. The number of rotatable bonds is 5. The summed E-state index contributed by atoms with van der Waals surface area (Å²) in [6.07, 6.45) is 0.869. The van der Waals surface area contributed by atoms with Crippen LogP contribution in [-0.4, -0.2) is 23.3 Å². The fourth-order valence-corrected chi connectivity index (χ4v) is 5.02. The Balaban J connectivity index is 1.40. The molecule has 0 spiro atoms. The summed E-state index contributed by atoms with van der Waals surface area (Å²) < 4.78 is 0. The van der Waals surface area contributed by atoms with Crippen LogP contribution in [0.1, 0.15) is 29.5 Å². The molecular weight excluding hydrogens is 430 g/mol. The molecule has 33 heavy (non-hydrogen) atoms. The Hall–Kier alpha value is -3.77. The van der Waals surface area contributed by atoms with Gasteiger partial charge in [-0.25, -0.2) is 4.98 Å².